The Kier molecular flexibility index (Phi) is 3.82. The average Bonchev–Trinajstić information content (AvgIpc) is 3.13. The average molecular weight is 334 g/mol. The minimum atomic E-state index is -1.00. The second-order valence-electron chi connectivity index (χ2n) is 6.55. The number of carboxylic acids is 1. The van der Waals surface area contributed by atoms with Crippen molar-refractivity contribution >= 4 is 24.8 Å². The predicted octanol–water partition coefficient (Wildman–Crippen LogP) is 2.77. The van der Waals surface area contributed by atoms with Gasteiger partial charge in [-0.15, -0.1) is 11.8 Å². The molecule has 2 N–H and O–H groups in total. The number of hydrogen-bond donors (Lipinski definition) is 2. The number of ether oxygens (including phenoxy) is 1. The van der Waals surface area contributed by atoms with Crippen molar-refractivity contribution in [3.63, 3.8) is 0 Å². The van der Waals surface area contributed by atoms with Crippen molar-refractivity contribution in [2.24, 2.45) is 0 Å². The van der Waals surface area contributed by atoms with E-state index in [-0.39, 0.29) is 28.7 Å². The van der Waals surface area contributed by atoms with Crippen LogP contribution in [0.2, 0.25) is 5.82 Å². The van der Waals surface area contributed by atoms with Gasteiger partial charge in [0.1, 0.15) is 11.3 Å². The molecule has 4 rings (SSSR count). The largest absolute Gasteiger partial charge is 0.535 e. The normalized spacial score (nSPS) is 29.5. The molecule has 0 radical (unpaired) electrons. The Hall–Kier alpha value is -1.18. The van der Waals surface area contributed by atoms with Crippen LogP contribution >= 0.6 is 11.8 Å². The van der Waals surface area contributed by atoms with Crippen LogP contribution in [-0.4, -0.2) is 41.2 Å². The molecule has 2 heterocycles. The molecular weight excluding hydrogens is 315 g/mol. The molecule has 4 atom stereocenters. The van der Waals surface area contributed by atoms with E-state index in [1.165, 1.54) is 11.8 Å². The summed E-state index contributed by atoms with van der Waals surface area (Å²) in [5.74, 6) is -0.293. The summed E-state index contributed by atoms with van der Waals surface area (Å²) in [4.78, 5) is 12.5. The summed E-state index contributed by atoms with van der Waals surface area (Å²) in [5, 5.41) is 19.8. The van der Waals surface area contributed by atoms with Crippen LogP contribution in [0.1, 0.15) is 48.0 Å². The molecular formula is C16H19BO5S. The Labute approximate surface area is 139 Å². The molecule has 122 valence electrons. The van der Waals surface area contributed by atoms with Crippen LogP contribution in [0.4, 0.5) is 0 Å². The Morgan fingerprint density at radius 3 is 3.00 bits per heavy atom. The molecule has 1 unspecified atom stereocenters. The fourth-order valence-electron chi connectivity index (χ4n) is 3.64. The molecule has 0 aromatic heterocycles. The Bertz CT molecular complexity index is 646. The third-order valence-electron chi connectivity index (χ3n) is 5.01. The molecule has 0 amide bonds. The van der Waals surface area contributed by atoms with Crippen molar-refractivity contribution in [1.29, 1.82) is 0 Å². The van der Waals surface area contributed by atoms with Crippen molar-refractivity contribution in [3.8, 4) is 5.75 Å². The first-order valence-corrected chi connectivity index (χ1v) is 8.97. The topological polar surface area (TPSA) is 76.0 Å². The Morgan fingerprint density at radius 1 is 1.48 bits per heavy atom. The zero-order valence-electron chi connectivity index (χ0n) is 12.9. The monoisotopic (exact) mass is 334 g/mol. The smallest absolute Gasteiger partial charge is 0.526 e. The van der Waals surface area contributed by atoms with Gasteiger partial charge in [0.05, 0.1) is 6.10 Å². The van der Waals surface area contributed by atoms with Gasteiger partial charge in [-0.05, 0) is 36.8 Å². The number of carbonyl (C=O) groups is 1. The van der Waals surface area contributed by atoms with E-state index in [0.717, 1.165) is 31.4 Å². The molecule has 7 heteroatoms. The number of fused-ring (bicyclic) bond motifs is 3. The van der Waals surface area contributed by atoms with Crippen LogP contribution in [0.25, 0.3) is 0 Å². The lowest BCUT2D eigenvalue weighted by Crippen LogP contribution is -2.27. The Balaban J connectivity index is 1.67. The van der Waals surface area contributed by atoms with Crippen LogP contribution in [0, 0.1) is 0 Å². The maximum Gasteiger partial charge on any atom is 0.526 e. The van der Waals surface area contributed by atoms with Gasteiger partial charge in [-0.3, -0.25) is 0 Å². The first-order chi connectivity index (χ1) is 11.1. The summed E-state index contributed by atoms with van der Waals surface area (Å²) in [5.41, 5.74) is 1.11. The molecule has 1 saturated heterocycles. The highest BCUT2D eigenvalue weighted by atomic mass is 32.2. The minimum absolute atomic E-state index is 0.119. The van der Waals surface area contributed by atoms with Crippen molar-refractivity contribution in [2.45, 2.75) is 54.2 Å². The number of aromatic carboxylic acids is 1. The van der Waals surface area contributed by atoms with Crippen molar-refractivity contribution in [1.82, 2.24) is 0 Å². The molecule has 2 fully saturated rings. The molecule has 3 aliphatic rings. The highest BCUT2D eigenvalue weighted by Crippen LogP contribution is 2.60. The first-order valence-electron chi connectivity index (χ1n) is 8.09. The molecule has 1 saturated carbocycles. The minimum Gasteiger partial charge on any atom is -0.535 e. The predicted molar refractivity (Wildman–Crippen MR) is 87.4 cm³/mol. The third kappa shape index (κ3) is 2.64. The molecule has 1 aromatic rings. The summed E-state index contributed by atoms with van der Waals surface area (Å²) in [6.45, 7) is 2.85. The second kappa shape index (κ2) is 5.72. The fourth-order valence-corrected chi connectivity index (χ4v) is 4.86. The van der Waals surface area contributed by atoms with Gasteiger partial charge in [-0.2, -0.15) is 0 Å². The standard InChI is InChI=1S/C16H19BO5S/c1-8(12-3-2-6-21-12)23-13-5-4-9-10-7-11(10)17(20)22-15(9)14(13)16(18)19/h4-5,8,10-12,20H,2-3,6-7H2,1H3,(H,18,19)/t8-,10?,11-,12-/m0/s1. The van der Waals surface area contributed by atoms with E-state index in [4.69, 9.17) is 9.39 Å². The van der Waals surface area contributed by atoms with E-state index in [9.17, 15) is 14.9 Å². The van der Waals surface area contributed by atoms with Gasteiger partial charge in [0, 0.05) is 22.6 Å². The van der Waals surface area contributed by atoms with Crippen molar-refractivity contribution in [3.05, 3.63) is 23.3 Å². The Morgan fingerprint density at radius 2 is 2.30 bits per heavy atom. The van der Waals surface area contributed by atoms with E-state index in [1.807, 2.05) is 12.1 Å². The van der Waals surface area contributed by atoms with Crippen LogP contribution < -0.4 is 4.65 Å². The van der Waals surface area contributed by atoms with Gasteiger partial charge in [0.2, 0.25) is 0 Å². The van der Waals surface area contributed by atoms with E-state index >= 15 is 0 Å². The van der Waals surface area contributed by atoms with Gasteiger partial charge in [0.25, 0.3) is 0 Å². The van der Waals surface area contributed by atoms with Gasteiger partial charge < -0.3 is 19.5 Å². The maximum absolute atomic E-state index is 11.8. The summed E-state index contributed by atoms with van der Waals surface area (Å²) in [6.07, 6.45) is 3.10. The molecule has 1 aliphatic carbocycles. The second-order valence-corrected chi connectivity index (χ2v) is 7.97. The molecule has 0 spiro atoms. The molecule has 5 nitrogen and oxygen atoms in total. The van der Waals surface area contributed by atoms with Gasteiger partial charge >= 0.3 is 13.1 Å². The van der Waals surface area contributed by atoms with Gasteiger partial charge in [-0.1, -0.05) is 13.0 Å². The zero-order chi connectivity index (χ0) is 16.1. The van der Waals surface area contributed by atoms with Crippen molar-refractivity contribution in [2.75, 3.05) is 6.61 Å². The third-order valence-corrected chi connectivity index (χ3v) is 6.28. The summed E-state index contributed by atoms with van der Waals surface area (Å²) in [7, 11) is -0.888. The lowest BCUT2D eigenvalue weighted by atomic mass is 9.77. The van der Waals surface area contributed by atoms with E-state index < -0.39 is 13.1 Å². The summed E-state index contributed by atoms with van der Waals surface area (Å²) in [6, 6.07) is 3.84. The van der Waals surface area contributed by atoms with Crippen LogP contribution in [-0.2, 0) is 4.74 Å². The number of carboxylic acid groups (broad SMARTS) is 1. The molecule has 23 heavy (non-hydrogen) atoms. The number of hydrogen-bond acceptors (Lipinski definition) is 5. The van der Waals surface area contributed by atoms with E-state index in [1.54, 1.807) is 0 Å². The lowest BCUT2D eigenvalue weighted by Gasteiger charge is -2.24. The lowest BCUT2D eigenvalue weighted by molar-refractivity contribution is 0.0690. The van der Waals surface area contributed by atoms with Crippen molar-refractivity contribution < 1.29 is 24.3 Å². The van der Waals surface area contributed by atoms with E-state index in [0.29, 0.717) is 10.6 Å². The fraction of sp³-hybridized carbons (Fsp3) is 0.562. The highest BCUT2D eigenvalue weighted by molar-refractivity contribution is 8.00. The molecule has 0 bridgehead atoms. The maximum atomic E-state index is 11.8. The zero-order valence-corrected chi connectivity index (χ0v) is 13.7. The SMILES string of the molecule is C[C@H](Sc1ccc2c(c1C(=O)O)OB(O)[C@H]1CC21)[C@@H]1CCCO1. The van der Waals surface area contributed by atoms with Gasteiger partial charge in [-0.25, -0.2) is 4.79 Å². The number of rotatable bonds is 4. The van der Waals surface area contributed by atoms with Crippen LogP contribution in [0.15, 0.2) is 17.0 Å². The number of benzene rings is 1. The quantitative estimate of drug-likeness (QED) is 0.651. The summed E-state index contributed by atoms with van der Waals surface area (Å²) < 4.78 is 11.3. The number of thioether (sulfide) groups is 1. The van der Waals surface area contributed by atoms with Crippen LogP contribution in [0.3, 0.4) is 0 Å². The highest BCUT2D eigenvalue weighted by Gasteiger charge is 2.54. The van der Waals surface area contributed by atoms with Gasteiger partial charge in [0.15, 0.2) is 0 Å². The summed E-state index contributed by atoms with van der Waals surface area (Å²) >= 11 is 1.52. The first kappa shape index (κ1) is 15.4. The van der Waals surface area contributed by atoms with E-state index in [2.05, 4.69) is 6.92 Å². The molecule has 2 aliphatic heterocycles. The van der Waals surface area contributed by atoms with Crippen LogP contribution in [0.5, 0.6) is 5.75 Å². The molecule has 1 aromatic carbocycles.